The fourth-order valence-corrected chi connectivity index (χ4v) is 2.49. The van der Waals surface area contributed by atoms with Crippen molar-refractivity contribution in [1.82, 2.24) is 4.90 Å². The van der Waals surface area contributed by atoms with Gasteiger partial charge in [-0.05, 0) is 36.7 Å². The van der Waals surface area contributed by atoms with Gasteiger partial charge in [-0.1, -0.05) is 42.5 Å². The van der Waals surface area contributed by atoms with Crippen molar-refractivity contribution in [2.24, 2.45) is 5.73 Å². The second-order valence-electron chi connectivity index (χ2n) is 5.49. The van der Waals surface area contributed by atoms with Gasteiger partial charge in [0.1, 0.15) is 5.75 Å². The highest BCUT2D eigenvalue weighted by atomic mass is 16.5. The molecule has 2 N–H and O–H groups in total. The summed E-state index contributed by atoms with van der Waals surface area (Å²) in [5.74, 6) is 0.891. The number of hydrogen-bond acceptors (Lipinski definition) is 3. The first-order chi connectivity index (χ1) is 10.2. The lowest BCUT2D eigenvalue weighted by molar-refractivity contribution is 0.302. The molecule has 0 bridgehead atoms. The molecule has 3 heteroatoms. The number of ether oxygens (including phenoxy) is 1. The molecule has 0 aliphatic carbocycles. The first kappa shape index (κ1) is 15.5. The van der Waals surface area contributed by atoms with Crippen LogP contribution < -0.4 is 10.5 Å². The topological polar surface area (TPSA) is 38.5 Å². The number of benzene rings is 2. The molecule has 0 saturated carbocycles. The number of hydrogen-bond donors (Lipinski definition) is 1. The molecule has 112 valence electrons. The zero-order valence-corrected chi connectivity index (χ0v) is 12.8. The van der Waals surface area contributed by atoms with Crippen LogP contribution >= 0.6 is 0 Å². The van der Waals surface area contributed by atoms with Crippen LogP contribution in [0.15, 0.2) is 54.6 Å². The van der Waals surface area contributed by atoms with Gasteiger partial charge in [0, 0.05) is 19.1 Å². The lowest BCUT2D eigenvalue weighted by Crippen LogP contribution is -2.36. The molecule has 2 aromatic rings. The van der Waals surface area contributed by atoms with E-state index in [4.69, 9.17) is 10.5 Å². The van der Waals surface area contributed by atoms with Crippen molar-refractivity contribution in [2.45, 2.75) is 19.0 Å². The summed E-state index contributed by atoms with van der Waals surface area (Å²) in [6.45, 7) is 1.77. The van der Waals surface area contributed by atoms with Crippen LogP contribution in [0.3, 0.4) is 0 Å². The Labute approximate surface area is 127 Å². The summed E-state index contributed by atoms with van der Waals surface area (Å²) in [4.78, 5) is 2.26. The number of methoxy groups -OCH3 is 1. The summed E-state index contributed by atoms with van der Waals surface area (Å²) < 4.78 is 5.17. The quantitative estimate of drug-likeness (QED) is 0.849. The van der Waals surface area contributed by atoms with Gasteiger partial charge in [0.15, 0.2) is 0 Å². The monoisotopic (exact) mass is 284 g/mol. The van der Waals surface area contributed by atoms with E-state index in [1.165, 1.54) is 11.1 Å². The molecular formula is C18H24N2O. The zero-order valence-electron chi connectivity index (χ0n) is 12.8. The maximum absolute atomic E-state index is 6.24. The van der Waals surface area contributed by atoms with Crippen LogP contribution in [0.5, 0.6) is 5.75 Å². The van der Waals surface area contributed by atoms with E-state index >= 15 is 0 Å². The highest BCUT2D eigenvalue weighted by Crippen LogP contribution is 2.12. The Morgan fingerprint density at radius 1 is 1.00 bits per heavy atom. The lowest BCUT2D eigenvalue weighted by atomic mass is 10.1. The van der Waals surface area contributed by atoms with Crippen LogP contribution in [0.1, 0.15) is 11.1 Å². The smallest absolute Gasteiger partial charge is 0.118 e. The molecule has 0 fully saturated rings. The molecule has 1 atom stereocenters. The Hall–Kier alpha value is -1.84. The predicted octanol–water partition coefficient (Wildman–Crippen LogP) is 2.70. The molecule has 0 spiro atoms. The van der Waals surface area contributed by atoms with E-state index in [-0.39, 0.29) is 6.04 Å². The van der Waals surface area contributed by atoms with Crippen LogP contribution in [0.2, 0.25) is 0 Å². The Balaban J connectivity index is 1.81. The molecule has 0 aliphatic heterocycles. The van der Waals surface area contributed by atoms with Crippen LogP contribution in [-0.4, -0.2) is 31.6 Å². The van der Waals surface area contributed by atoms with Crippen molar-refractivity contribution in [2.75, 3.05) is 20.7 Å². The minimum Gasteiger partial charge on any atom is -0.497 e. The average molecular weight is 284 g/mol. The maximum atomic E-state index is 6.24. The van der Waals surface area contributed by atoms with E-state index in [2.05, 4.69) is 48.3 Å². The van der Waals surface area contributed by atoms with Crippen LogP contribution in [0.25, 0.3) is 0 Å². The molecule has 0 aliphatic rings. The summed E-state index contributed by atoms with van der Waals surface area (Å²) in [6, 6.07) is 18.7. The normalized spacial score (nSPS) is 12.4. The predicted molar refractivity (Wildman–Crippen MR) is 87.4 cm³/mol. The van der Waals surface area contributed by atoms with E-state index in [0.717, 1.165) is 25.3 Å². The molecule has 21 heavy (non-hydrogen) atoms. The van der Waals surface area contributed by atoms with E-state index < -0.39 is 0 Å². The van der Waals surface area contributed by atoms with Crippen molar-refractivity contribution in [3.05, 3.63) is 65.7 Å². The summed E-state index contributed by atoms with van der Waals surface area (Å²) >= 11 is 0. The van der Waals surface area contributed by atoms with Crippen LogP contribution in [-0.2, 0) is 13.0 Å². The number of nitrogens with two attached hydrogens (primary N) is 1. The van der Waals surface area contributed by atoms with E-state index in [1.807, 2.05) is 18.2 Å². The van der Waals surface area contributed by atoms with Gasteiger partial charge < -0.3 is 15.4 Å². The van der Waals surface area contributed by atoms with Gasteiger partial charge in [-0.25, -0.2) is 0 Å². The fourth-order valence-electron chi connectivity index (χ4n) is 2.49. The van der Waals surface area contributed by atoms with E-state index in [1.54, 1.807) is 7.11 Å². The molecule has 0 heterocycles. The second kappa shape index (κ2) is 7.81. The van der Waals surface area contributed by atoms with E-state index in [9.17, 15) is 0 Å². The number of rotatable bonds is 7. The minimum atomic E-state index is 0.149. The van der Waals surface area contributed by atoms with Crippen molar-refractivity contribution in [3.63, 3.8) is 0 Å². The molecule has 3 nitrogen and oxygen atoms in total. The van der Waals surface area contributed by atoms with Crippen LogP contribution in [0.4, 0.5) is 0 Å². The molecular weight excluding hydrogens is 260 g/mol. The molecule has 0 radical (unpaired) electrons. The average Bonchev–Trinajstić information content (AvgIpc) is 2.48. The third-order valence-corrected chi connectivity index (χ3v) is 3.50. The first-order valence-electron chi connectivity index (χ1n) is 7.28. The highest BCUT2D eigenvalue weighted by molar-refractivity contribution is 5.27. The Morgan fingerprint density at radius 2 is 1.67 bits per heavy atom. The summed E-state index contributed by atoms with van der Waals surface area (Å²) in [7, 11) is 3.79. The van der Waals surface area contributed by atoms with E-state index in [0.29, 0.717) is 0 Å². The largest absolute Gasteiger partial charge is 0.497 e. The standard InChI is InChI=1S/C18H24N2O/c1-20(13-16-8-10-18(21-2)11-9-16)14-17(19)12-15-6-4-3-5-7-15/h3-11,17H,12-14,19H2,1-2H3. The summed E-state index contributed by atoms with van der Waals surface area (Å²) in [5.41, 5.74) is 8.81. The Bertz CT molecular complexity index is 525. The second-order valence-corrected chi connectivity index (χ2v) is 5.49. The molecule has 1 unspecified atom stereocenters. The molecule has 2 rings (SSSR count). The number of likely N-dealkylation sites (N-methyl/N-ethyl adjacent to an activating group) is 1. The van der Waals surface area contributed by atoms with Crippen molar-refractivity contribution < 1.29 is 4.74 Å². The van der Waals surface area contributed by atoms with Crippen LogP contribution in [0, 0.1) is 0 Å². The summed E-state index contributed by atoms with van der Waals surface area (Å²) in [5, 5.41) is 0. The maximum Gasteiger partial charge on any atom is 0.118 e. The van der Waals surface area contributed by atoms with Crippen molar-refractivity contribution in [3.8, 4) is 5.75 Å². The van der Waals surface area contributed by atoms with Crippen molar-refractivity contribution in [1.29, 1.82) is 0 Å². The molecule has 0 saturated heterocycles. The Kier molecular flexibility index (Phi) is 5.78. The lowest BCUT2D eigenvalue weighted by Gasteiger charge is -2.21. The SMILES string of the molecule is COc1ccc(CN(C)CC(N)Cc2ccccc2)cc1. The Morgan fingerprint density at radius 3 is 2.29 bits per heavy atom. The molecule has 0 amide bonds. The highest BCUT2D eigenvalue weighted by Gasteiger charge is 2.08. The van der Waals surface area contributed by atoms with Gasteiger partial charge in [0.25, 0.3) is 0 Å². The fraction of sp³-hybridized carbons (Fsp3) is 0.333. The van der Waals surface area contributed by atoms with Gasteiger partial charge >= 0.3 is 0 Å². The first-order valence-corrected chi connectivity index (χ1v) is 7.28. The van der Waals surface area contributed by atoms with Gasteiger partial charge in [-0.2, -0.15) is 0 Å². The van der Waals surface area contributed by atoms with Gasteiger partial charge in [0.05, 0.1) is 7.11 Å². The molecule has 0 aromatic heterocycles. The van der Waals surface area contributed by atoms with Gasteiger partial charge in [0.2, 0.25) is 0 Å². The summed E-state index contributed by atoms with van der Waals surface area (Å²) in [6.07, 6.45) is 0.911. The van der Waals surface area contributed by atoms with Crippen molar-refractivity contribution >= 4 is 0 Å². The van der Waals surface area contributed by atoms with Gasteiger partial charge in [-0.15, -0.1) is 0 Å². The number of nitrogens with zero attached hydrogens (tertiary/aromatic N) is 1. The van der Waals surface area contributed by atoms with Gasteiger partial charge in [-0.3, -0.25) is 0 Å². The minimum absolute atomic E-state index is 0.149. The molecule has 2 aromatic carbocycles. The third kappa shape index (κ3) is 5.21. The zero-order chi connectivity index (χ0) is 15.1. The third-order valence-electron chi connectivity index (χ3n) is 3.50.